The summed E-state index contributed by atoms with van der Waals surface area (Å²) in [6.45, 7) is 4.62. The molecule has 24 heavy (non-hydrogen) atoms. The Hall–Kier alpha value is -2.39. The highest BCUT2D eigenvalue weighted by atomic mass is 32.2. The van der Waals surface area contributed by atoms with E-state index < -0.39 is 0 Å². The third-order valence-corrected chi connectivity index (χ3v) is 6.17. The SMILES string of the molecule is CC1(C)c2ccccc2Nc2cc3c(cc21)Sc1ccccc1N3. The molecule has 0 aromatic heterocycles. The second-order valence-corrected chi connectivity index (χ2v) is 8.00. The van der Waals surface area contributed by atoms with Gasteiger partial charge in [0.25, 0.3) is 0 Å². The lowest BCUT2D eigenvalue weighted by Gasteiger charge is -2.37. The Balaban J connectivity index is 1.67. The van der Waals surface area contributed by atoms with Crippen molar-refractivity contribution in [3.05, 3.63) is 71.8 Å². The first-order chi connectivity index (χ1) is 11.6. The van der Waals surface area contributed by atoms with Gasteiger partial charge in [-0.1, -0.05) is 55.9 Å². The Kier molecular flexibility index (Phi) is 2.80. The van der Waals surface area contributed by atoms with Gasteiger partial charge >= 0.3 is 0 Å². The highest BCUT2D eigenvalue weighted by Crippen LogP contribution is 2.51. The van der Waals surface area contributed by atoms with Crippen LogP contribution in [0.15, 0.2) is 70.5 Å². The number of hydrogen-bond acceptors (Lipinski definition) is 3. The summed E-state index contributed by atoms with van der Waals surface area (Å²) in [5, 5.41) is 7.20. The Labute approximate surface area is 146 Å². The van der Waals surface area contributed by atoms with Crippen molar-refractivity contribution in [3.8, 4) is 0 Å². The molecule has 0 atom stereocenters. The lowest BCUT2D eigenvalue weighted by molar-refractivity contribution is 0.636. The molecule has 2 nitrogen and oxygen atoms in total. The summed E-state index contributed by atoms with van der Waals surface area (Å²) >= 11 is 1.85. The standard InChI is InChI=1S/C21H18N2S/c1-21(2)13-7-3-4-8-15(13)22-17-12-18-20(11-14(17)21)24-19-10-6-5-9-16(19)23-18/h3-12,22-23H,1-2H3. The molecule has 2 aliphatic heterocycles. The van der Waals surface area contributed by atoms with Gasteiger partial charge in [-0.15, -0.1) is 0 Å². The van der Waals surface area contributed by atoms with Crippen molar-refractivity contribution in [2.24, 2.45) is 0 Å². The maximum atomic E-state index is 3.62. The van der Waals surface area contributed by atoms with E-state index in [9.17, 15) is 0 Å². The molecule has 0 fully saturated rings. The Morgan fingerprint density at radius 1 is 0.667 bits per heavy atom. The minimum absolute atomic E-state index is 0.0102. The molecule has 0 spiro atoms. The van der Waals surface area contributed by atoms with Crippen LogP contribution in [0.1, 0.15) is 25.0 Å². The quantitative estimate of drug-likeness (QED) is 0.397. The van der Waals surface area contributed by atoms with Crippen LogP contribution < -0.4 is 10.6 Å². The second-order valence-electron chi connectivity index (χ2n) is 6.91. The van der Waals surface area contributed by atoms with Crippen molar-refractivity contribution in [2.45, 2.75) is 29.1 Å². The summed E-state index contributed by atoms with van der Waals surface area (Å²) in [7, 11) is 0. The lowest BCUT2D eigenvalue weighted by Crippen LogP contribution is -2.26. The van der Waals surface area contributed by atoms with Crippen molar-refractivity contribution in [1.29, 1.82) is 0 Å². The topological polar surface area (TPSA) is 24.1 Å². The van der Waals surface area contributed by atoms with Crippen molar-refractivity contribution >= 4 is 34.5 Å². The summed E-state index contributed by atoms with van der Waals surface area (Å²) < 4.78 is 0. The van der Waals surface area contributed by atoms with E-state index in [1.54, 1.807) is 0 Å². The average molecular weight is 330 g/mol. The van der Waals surface area contributed by atoms with E-state index in [0.717, 1.165) is 0 Å². The summed E-state index contributed by atoms with van der Waals surface area (Å²) in [6, 6.07) is 21.7. The van der Waals surface area contributed by atoms with E-state index in [1.165, 1.54) is 43.7 Å². The summed E-state index contributed by atoms with van der Waals surface area (Å²) in [4.78, 5) is 2.58. The predicted octanol–water partition coefficient (Wildman–Crippen LogP) is 6.28. The highest BCUT2D eigenvalue weighted by molar-refractivity contribution is 7.99. The molecule has 3 heteroatoms. The van der Waals surface area contributed by atoms with Gasteiger partial charge in [-0.3, -0.25) is 0 Å². The first kappa shape index (κ1) is 14.0. The predicted molar refractivity (Wildman–Crippen MR) is 102 cm³/mol. The molecule has 0 aliphatic carbocycles. The van der Waals surface area contributed by atoms with E-state index in [0.29, 0.717) is 0 Å². The zero-order valence-electron chi connectivity index (χ0n) is 13.7. The molecule has 2 aliphatic rings. The number of fused-ring (bicyclic) bond motifs is 4. The summed E-state index contributed by atoms with van der Waals surface area (Å²) in [6.07, 6.45) is 0. The monoisotopic (exact) mass is 330 g/mol. The van der Waals surface area contributed by atoms with Crippen molar-refractivity contribution in [1.82, 2.24) is 0 Å². The number of hydrogen-bond donors (Lipinski definition) is 2. The average Bonchev–Trinajstić information content (AvgIpc) is 2.59. The fraction of sp³-hybridized carbons (Fsp3) is 0.143. The molecule has 0 radical (unpaired) electrons. The Bertz CT molecular complexity index is 975. The zero-order valence-corrected chi connectivity index (χ0v) is 14.5. The van der Waals surface area contributed by atoms with Crippen molar-refractivity contribution < 1.29 is 0 Å². The maximum Gasteiger partial charge on any atom is 0.0547 e. The van der Waals surface area contributed by atoms with Gasteiger partial charge in [-0.05, 0) is 41.5 Å². The van der Waals surface area contributed by atoms with Gasteiger partial charge in [0, 0.05) is 26.6 Å². The number of para-hydroxylation sites is 2. The van der Waals surface area contributed by atoms with Gasteiger partial charge in [0.15, 0.2) is 0 Å². The van der Waals surface area contributed by atoms with E-state index in [4.69, 9.17) is 0 Å². The molecule has 2 N–H and O–H groups in total. The smallest absolute Gasteiger partial charge is 0.0547 e. The van der Waals surface area contributed by atoms with Crippen LogP contribution in [-0.4, -0.2) is 0 Å². The van der Waals surface area contributed by atoms with Gasteiger partial charge in [-0.2, -0.15) is 0 Å². The second kappa shape index (κ2) is 4.81. The fourth-order valence-corrected chi connectivity index (χ4v) is 4.74. The molecule has 118 valence electrons. The molecule has 3 aromatic rings. The third-order valence-electron chi connectivity index (χ3n) is 5.04. The molecular weight excluding hydrogens is 312 g/mol. The van der Waals surface area contributed by atoms with Crippen molar-refractivity contribution in [2.75, 3.05) is 10.6 Å². The molecule has 0 bridgehead atoms. The van der Waals surface area contributed by atoms with E-state index >= 15 is 0 Å². The third kappa shape index (κ3) is 1.91. The molecule has 3 aromatic carbocycles. The number of nitrogens with one attached hydrogen (secondary N) is 2. The molecule has 5 rings (SSSR count). The molecule has 2 heterocycles. The van der Waals surface area contributed by atoms with Gasteiger partial charge in [0.2, 0.25) is 0 Å². The van der Waals surface area contributed by atoms with E-state index in [-0.39, 0.29) is 5.41 Å². The molecule has 0 unspecified atom stereocenters. The summed E-state index contributed by atoms with van der Waals surface area (Å²) in [5.41, 5.74) is 7.47. The molecule has 0 saturated heterocycles. The number of benzene rings is 3. The van der Waals surface area contributed by atoms with Crippen LogP contribution in [0.4, 0.5) is 22.7 Å². The van der Waals surface area contributed by atoms with Gasteiger partial charge < -0.3 is 10.6 Å². The Morgan fingerprint density at radius 3 is 2.25 bits per heavy atom. The normalized spacial score (nSPS) is 15.9. The van der Waals surface area contributed by atoms with Gasteiger partial charge in [-0.25, -0.2) is 0 Å². The van der Waals surface area contributed by atoms with Crippen LogP contribution in [0.2, 0.25) is 0 Å². The fourth-order valence-electron chi connectivity index (χ4n) is 3.73. The first-order valence-corrected chi connectivity index (χ1v) is 9.03. The molecular formula is C21H18N2S. The largest absolute Gasteiger partial charge is 0.355 e. The van der Waals surface area contributed by atoms with E-state index in [2.05, 4.69) is 85.1 Å². The maximum absolute atomic E-state index is 3.62. The lowest BCUT2D eigenvalue weighted by atomic mass is 9.74. The van der Waals surface area contributed by atoms with Crippen LogP contribution in [0.3, 0.4) is 0 Å². The highest BCUT2D eigenvalue weighted by Gasteiger charge is 2.33. The Morgan fingerprint density at radius 2 is 1.38 bits per heavy atom. The van der Waals surface area contributed by atoms with Crippen LogP contribution in [0.25, 0.3) is 0 Å². The van der Waals surface area contributed by atoms with Crippen molar-refractivity contribution in [3.63, 3.8) is 0 Å². The number of anilines is 4. The molecule has 0 amide bonds. The van der Waals surface area contributed by atoms with Gasteiger partial charge in [0.1, 0.15) is 0 Å². The summed E-state index contributed by atoms with van der Waals surface area (Å²) in [5.74, 6) is 0. The van der Waals surface area contributed by atoms with Crippen LogP contribution >= 0.6 is 11.8 Å². The number of rotatable bonds is 0. The molecule has 0 saturated carbocycles. The minimum Gasteiger partial charge on any atom is -0.355 e. The minimum atomic E-state index is -0.0102. The van der Waals surface area contributed by atoms with E-state index in [1.807, 2.05) is 11.8 Å². The zero-order chi connectivity index (χ0) is 16.3. The first-order valence-electron chi connectivity index (χ1n) is 8.22. The van der Waals surface area contributed by atoms with Crippen LogP contribution in [-0.2, 0) is 5.41 Å². The van der Waals surface area contributed by atoms with Crippen LogP contribution in [0, 0.1) is 0 Å². The van der Waals surface area contributed by atoms with Gasteiger partial charge in [0.05, 0.1) is 11.4 Å². The van der Waals surface area contributed by atoms with Crippen LogP contribution in [0.5, 0.6) is 0 Å².